The van der Waals surface area contributed by atoms with Gasteiger partial charge >= 0.3 is 0 Å². The lowest BCUT2D eigenvalue weighted by molar-refractivity contribution is -0.136. The lowest BCUT2D eigenvalue weighted by Gasteiger charge is -2.35. The molecule has 0 aromatic heterocycles. The predicted molar refractivity (Wildman–Crippen MR) is 121 cm³/mol. The van der Waals surface area contributed by atoms with E-state index in [1.54, 1.807) is 12.0 Å². The molecule has 0 radical (unpaired) electrons. The fraction of sp³-hybridized carbons (Fsp3) is 0.640. The molecule has 5 rings (SSSR count). The zero-order valence-electron chi connectivity index (χ0n) is 19.2. The number of hydrogen-bond acceptors (Lipinski definition) is 6. The van der Waals surface area contributed by atoms with E-state index >= 15 is 0 Å². The van der Waals surface area contributed by atoms with Gasteiger partial charge in [-0.1, -0.05) is 6.42 Å². The summed E-state index contributed by atoms with van der Waals surface area (Å²) in [5.74, 6) is -0.0578. The molecule has 0 bridgehead atoms. The second kappa shape index (κ2) is 9.43. The minimum Gasteiger partial charge on any atom is -0.489 e. The molecule has 33 heavy (non-hydrogen) atoms. The number of piperidine rings is 1. The standard InChI is InChI=1S/C25H33N3O5/c1-32-21-8-4-6-18(21)26-19-5-2-3-7-22(19)33-16-9-10-17-15(13-16)14-28(25(17)31)20-11-12-23(29)27-24(20)30/h9-10,13,18-22,26H,2-8,11-12,14H2,1H3,(H,27,29,30)/t18-,19-,20?,21-,22+/m1/s1. The average Bonchev–Trinajstić information content (AvgIpc) is 3.39. The number of imide groups is 1. The molecule has 2 aliphatic carbocycles. The van der Waals surface area contributed by atoms with E-state index in [2.05, 4.69) is 10.6 Å². The van der Waals surface area contributed by atoms with Crippen molar-refractivity contribution in [2.24, 2.45) is 0 Å². The van der Waals surface area contributed by atoms with Crippen LogP contribution in [-0.4, -0.2) is 60.1 Å². The van der Waals surface area contributed by atoms with Gasteiger partial charge in [-0.3, -0.25) is 19.7 Å². The summed E-state index contributed by atoms with van der Waals surface area (Å²) in [6.45, 7) is 0.363. The Balaban J connectivity index is 1.26. The molecule has 2 N–H and O–H groups in total. The average molecular weight is 456 g/mol. The molecule has 3 fully saturated rings. The Hall–Kier alpha value is -2.45. The van der Waals surface area contributed by atoms with Crippen molar-refractivity contribution >= 4 is 17.7 Å². The normalized spacial score (nSPS) is 32.1. The smallest absolute Gasteiger partial charge is 0.255 e. The molecule has 3 amide bonds. The van der Waals surface area contributed by atoms with Gasteiger partial charge in [0.1, 0.15) is 17.9 Å². The molecule has 4 aliphatic rings. The lowest BCUT2D eigenvalue weighted by atomic mass is 9.91. The number of nitrogens with one attached hydrogen (secondary N) is 2. The van der Waals surface area contributed by atoms with Gasteiger partial charge in [-0.25, -0.2) is 0 Å². The Labute approximate surface area is 194 Å². The summed E-state index contributed by atoms with van der Waals surface area (Å²) >= 11 is 0. The van der Waals surface area contributed by atoms with E-state index in [1.165, 1.54) is 12.8 Å². The van der Waals surface area contributed by atoms with Crippen LogP contribution >= 0.6 is 0 Å². The number of hydrogen-bond donors (Lipinski definition) is 2. The van der Waals surface area contributed by atoms with Crippen LogP contribution in [0.5, 0.6) is 5.75 Å². The zero-order chi connectivity index (χ0) is 22.9. The highest BCUT2D eigenvalue weighted by Gasteiger charge is 2.39. The topological polar surface area (TPSA) is 97.0 Å². The van der Waals surface area contributed by atoms with Crippen LogP contribution < -0.4 is 15.4 Å². The lowest BCUT2D eigenvalue weighted by Crippen LogP contribution is -2.52. The molecule has 1 aromatic rings. The first kappa shape index (κ1) is 22.3. The van der Waals surface area contributed by atoms with E-state index in [0.29, 0.717) is 24.6 Å². The largest absolute Gasteiger partial charge is 0.489 e. The number of methoxy groups -OCH3 is 1. The summed E-state index contributed by atoms with van der Waals surface area (Å²) in [5.41, 5.74) is 1.48. The number of rotatable bonds is 6. The maximum Gasteiger partial charge on any atom is 0.255 e. The summed E-state index contributed by atoms with van der Waals surface area (Å²) in [4.78, 5) is 38.3. The van der Waals surface area contributed by atoms with Crippen molar-refractivity contribution < 1.29 is 23.9 Å². The Morgan fingerprint density at radius 3 is 2.55 bits per heavy atom. The monoisotopic (exact) mass is 455 g/mol. The van der Waals surface area contributed by atoms with Crippen molar-refractivity contribution in [3.8, 4) is 5.75 Å². The van der Waals surface area contributed by atoms with E-state index < -0.39 is 6.04 Å². The van der Waals surface area contributed by atoms with Crippen molar-refractivity contribution in [3.05, 3.63) is 29.3 Å². The first-order valence-electron chi connectivity index (χ1n) is 12.3. The van der Waals surface area contributed by atoms with Gasteiger partial charge in [0.15, 0.2) is 0 Å². The van der Waals surface area contributed by atoms with Crippen LogP contribution in [0.15, 0.2) is 18.2 Å². The first-order valence-corrected chi connectivity index (χ1v) is 12.3. The second-order valence-corrected chi connectivity index (χ2v) is 9.74. The highest BCUT2D eigenvalue weighted by Crippen LogP contribution is 2.32. The molecule has 1 unspecified atom stereocenters. The Bertz CT molecular complexity index is 935. The number of amides is 3. The summed E-state index contributed by atoms with van der Waals surface area (Å²) in [7, 11) is 1.80. The molecule has 2 saturated carbocycles. The Kier molecular flexibility index (Phi) is 6.38. The Morgan fingerprint density at radius 1 is 0.970 bits per heavy atom. The van der Waals surface area contributed by atoms with E-state index in [-0.39, 0.29) is 42.4 Å². The van der Waals surface area contributed by atoms with Gasteiger partial charge in [0.05, 0.1) is 6.10 Å². The Morgan fingerprint density at radius 2 is 1.73 bits per heavy atom. The quantitative estimate of drug-likeness (QED) is 0.639. The van der Waals surface area contributed by atoms with Gasteiger partial charge in [-0.2, -0.15) is 0 Å². The minimum absolute atomic E-state index is 0.0817. The molecule has 8 nitrogen and oxygen atoms in total. The summed E-state index contributed by atoms with van der Waals surface area (Å²) in [6.07, 6.45) is 8.85. The molecule has 5 atom stereocenters. The second-order valence-electron chi connectivity index (χ2n) is 9.74. The van der Waals surface area contributed by atoms with Crippen LogP contribution in [0, 0.1) is 0 Å². The van der Waals surface area contributed by atoms with Gasteiger partial charge in [0, 0.05) is 37.7 Å². The third kappa shape index (κ3) is 4.51. The molecular weight excluding hydrogens is 422 g/mol. The number of fused-ring (bicyclic) bond motifs is 1. The summed E-state index contributed by atoms with van der Waals surface area (Å²) in [6, 6.07) is 5.68. The zero-order valence-corrected chi connectivity index (χ0v) is 19.2. The fourth-order valence-electron chi connectivity index (χ4n) is 5.90. The maximum absolute atomic E-state index is 12.9. The van der Waals surface area contributed by atoms with Crippen LogP contribution in [0.3, 0.4) is 0 Å². The van der Waals surface area contributed by atoms with Crippen LogP contribution in [0.25, 0.3) is 0 Å². The number of carbonyl (C=O) groups is 3. The van der Waals surface area contributed by atoms with Gasteiger partial charge < -0.3 is 19.7 Å². The first-order chi connectivity index (χ1) is 16.0. The van der Waals surface area contributed by atoms with Crippen LogP contribution in [-0.2, 0) is 20.9 Å². The molecule has 1 aromatic carbocycles. The fourth-order valence-corrected chi connectivity index (χ4v) is 5.90. The van der Waals surface area contributed by atoms with Crippen LogP contribution in [0.1, 0.15) is 73.7 Å². The highest BCUT2D eigenvalue weighted by atomic mass is 16.5. The van der Waals surface area contributed by atoms with Gasteiger partial charge in [-0.15, -0.1) is 0 Å². The third-order valence-corrected chi connectivity index (χ3v) is 7.67. The number of ether oxygens (including phenoxy) is 2. The molecule has 8 heteroatoms. The maximum atomic E-state index is 12.9. The predicted octanol–water partition coefficient (Wildman–Crippen LogP) is 2.29. The highest BCUT2D eigenvalue weighted by molar-refractivity contribution is 6.05. The van der Waals surface area contributed by atoms with Gasteiger partial charge in [0.2, 0.25) is 11.8 Å². The number of nitrogens with zero attached hydrogens (tertiary/aromatic N) is 1. The number of benzene rings is 1. The van der Waals surface area contributed by atoms with E-state index in [1.807, 2.05) is 18.2 Å². The van der Waals surface area contributed by atoms with Crippen molar-refractivity contribution in [2.45, 2.75) is 94.7 Å². The SMILES string of the molecule is CO[C@@H]1CCC[C@H]1N[C@@H]1CCCC[C@@H]1Oc1ccc2c(c1)CN(C1CCC(=O)NC1=O)C2=O. The van der Waals surface area contributed by atoms with Crippen molar-refractivity contribution in [2.75, 3.05) is 7.11 Å². The number of carbonyl (C=O) groups excluding carboxylic acids is 3. The molecule has 1 saturated heterocycles. The van der Waals surface area contributed by atoms with E-state index in [4.69, 9.17) is 9.47 Å². The van der Waals surface area contributed by atoms with Crippen LogP contribution in [0.4, 0.5) is 0 Å². The molecular formula is C25H33N3O5. The molecule has 0 spiro atoms. The van der Waals surface area contributed by atoms with Crippen LogP contribution in [0.2, 0.25) is 0 Å². The van der Waals surface area contributed by atoms with Crippen molar-refractivity contribution in [1.29, 1.82) is 0 Å². The summed E-state index contributed by atoms with van der Waals surface area (Å²) < 4.78 is 12.1. The van der Waals surface area contributed by atoms with E-state index in [9.17, 15) is 14.4 Å². The molecule has 2 aliphatic heterocycles. The molecule has 178 valence electrons. The minimum atomic E-state index is -0.598. The van der Waals surface area contributed by atoms with Crippen molar-refractivity contribution in [1.82, 2.24) is 15.5 Å². The van der Waals surface area contributed by atoms with Gasteiger partial charge in [0.25, 0.3) is 5.91 Å². The van der Waals surface area contributed by atoms with Crippen molar-refractivity contribution in [3.63, 3.8) is 0 Å². The van der Waals surface area contributed by atoms with E-state index in [0.717, 1.165) is 43.4 Å². The molecule has 2 heterocycles. The third-order valence-electron chi connectivity index (χ3n) is 7.67. The van der Waals surface area contributed by atoms with Gasteiger partial charge in [-0.05, 0) is 68.7 Å². The summed E-state index contributed by atoms with van der Waals surface area (Å²) in [5, 5.41) is 6.17.